The van der Waals surface area contributed by atoms with Crippen molar-refractivity contribution < 1.29 is 0 Å². The summed E-state index contributed by atoms with van der Waals surface area (Å²) >= 11 is 0. The molecule has 2 aromatic rings. The zero-order valence-electron chi connectivity index (χ0n) is 10.6. The molecular weight excluding hydrogens is 214 g/mol. The van der Waals surface area contributed by atoms with Crippen LogP contribution in [0.15, 0.2) is 12.4 Å². The maximum Gasteiger partial charge on any atom is 0.163 e. The summed E-state index contributed by atoms with van der Waals surface area (Å²) in [4.78, 5) is 4.28. The molecule has 92 valence electrons. The van der Waals surface area contributed by atoms with Gasteiger partial charge < -0.3 is 5.73 Å². The Labute approximate surface area is 101 Å². The van der Waals surface area contributed by atoms with Crippen molar-refractivity contribution in [3.8, 4) is 0 Å². The van der Waals surface area contributed by atoms with E-state index in [2.05, 4.69) is 29.0 Å². The first-order valence-corrected chi connectivity index (χ1v) is 5.99. The lowest BCUT2D eigenvalue weighted by molar-refractivity contribution is 0.484. The van der Waals surface area contributed by atoms with Gasteiger partial charge in [0.1, 0.15) is 12.2 Å². The van der Waals surface area contributed by atoms with E-state index in [1.54, 1.807) is 6.33 Å². The van der Waals surface area contributed by atoms with Crippen molar-refractivity contribution >= 4 is 5.65 Å². The van der Waals surface area contributed by atoms with Crippen molar-refractivity contribution in [3.63, 3.8) is 0 Å². The van der Waals surface area contributed by atoms with Crippen LogP contribution in [0.5, 0.6) is 0 Å². The van der Waals surface area contributed by atoms with Gasteiger partial charge in [0.25, 0.3) is 0 Å². The first-order valence-electron chi connectivity index (χ1n) is 5.99. The summed E-state index contributed by atoms with van der Waals surface area (Å²) in [6.07, 6.45) is 2.80. The van der Waals surface area contributed by atoms with E-state index in [9.17, 15) is 0 Å². The van der Waals surface area contributed by atoms with E-state index in [0.29, 0.717) is 12.5 Å². The van der Waals surface area contributed by atoms with Gasteiger partial charge in [-0.25, -0.2) is 4.98 Å². The monoisotopic (exact) mass is 233 g/mol. The van der Waals surface area contributed by atoms with Crippen molar-refractivity contribution in [1.82, 2.24) is 19.6 Å². The van der Waals surface area contributed by atoms with Gasteiger partial charge in [0, 0.05) is 24.2 Å². The molecule has 0 radical (unpaired) electrons. The van der Waals surface area contributed by atoms with E-state index in [4.69, 9.17) is 5.73 Å². The van der Waals surface area contributed by atoms with Crippen LogP contribution in [0.25, 0.3) is 5.65 Å². The van der Waals surface area contributed by atoms with Gasteiger partial charge in [0.2, 0.25) is 0 Å². The second-order valence-corrected chi connectivity index (χ2v) is 4.88. The van der Waals surface area contributed by atoms with Crippen LogP contribution in [0.2, 0.25) is 0 Å². The first-order chi connectivity index (χ1) is 8.11. The second-order valence-electron chi connectivity index (χ2n) is 4.88. The Balaban J connectivity index is 2.40. The standard InChI is InChI=1S/C12H19N5/c1-8(2)4-10(6-13)12-16-15-11-5-9(3)14-7-17(11)12/h5,7-8,10H,4,6,13H2,1-3H3. The van der Waals surface area contributed by atoms with Crippen molar-refractivity contribution in [2.24, 2.45) is 11.7 Å². The Morgan fingerprint density at radius 1 is 1.35 bits per heavy atom. The Morgan fingerprint density at radius 3 is 2.76 bits per heavy atom. The number of nitrogens with two attached hydrogens (primary N) is 1. The Morgan fingerprint density at radius 2 is 2.12 bits per heavy atom. The van der Waals surface area contributed by atoms with Gasteiger partial charge in [-0.05, 0) is 19.3 Å². The Kier molecular flexibility index (Phi) is 3.38. The van der Waals surface area contributed by atoms with Crippen LogP contribution in [0, 0.1) is 12.8 Å². The molecule has 2 N–H and O–H groups in total. The maximum atomic E-state index is 5.83. The number of fused-ring (bicyclic) bond motifs is 1. The predicted molar refractivity (Wildman–Crippen MR) is 66.8 cm³/mol. The van der Waals surface area contributed by atoms with Crippen LogP contribution in [0.4, 0.5) is 0 Å². The minimum atomic E-state index is 0.245. The molecule has 1 atom stereocenters. The predicted octanol–water partition coefficient (Wildman–Crippen LogP) is 1.52. The molecule has 0 aliphatic heterocycles. The number of hydrogen-bond donors (Lipinski definition) is 1. The summed E-state index contributed by atoms with van der Waals surface area (Å²) in [5.74, 6) is 1.76. The molecule has 0 saturated heterocycles. The minimum absolute atomic E-state index is 0.245. The summed E-state index contributed by atoms with van der Waals surface area (Å²) in [5.41, 5.74) is 7.62. The summed E-state index contributed by atoms with van der Waals surface area (Å²) in [6, 6.07) is 1.93. The van der Waals surface area contributed by atoms with E-state index in [1.807, 2.05) is 17.4 Å². The fourth-order valence-corrected chi connectivity index (χ4v) is 2.06. The molecule has 1 unspecified atom stereocenters. The average molecular weight is 233 g/mol. The SMILES string of the molecule is Cc1cc2nnc(C(CN)CC(C)C)n2cn1. The number of aromatic nitrogens is 4. The quantitative estimate of drug-likeness (QED) is 0.869. The molecule has 0 aliphatic rings. The number of hydrogen-bond acceptors (Lipinski definition) is 4. The van der Waals surface area contributed by atoms with E-state index < -0.39 is 0 Å². The summed E-state index contributed by atoms with van der Waals surface area (Å²) in [7, 11) is 0. The van der Waals surface area contributed by atoms with E-state index in [-0.39, 0.29) is 5.92 Å². The number of nitrogens with zero attached hydrogens (tertiary/aromatic N) is 4. The van der Waals surface area contributed by atoms with Gasteiger partial charge in [0.05, 0.1) is 0 Å². The van der Waals surface area contributed by atoms with Crippen LogP contribution >= 0.6 is 0 Å². The molecule has 0 bridgehead atoms. The first kappa shape index (κ1) is 12.0. The lowest BCUT2D eigenvalue weighted by Crippen LogP contribution is -2.17. The van der Waals surface area contributed by atoms with Gasteiger partial charge in [0.15, 0.2) is 5.65 Å². The zero-order chi connectivity index (χ0) is 12.4. The van der Waals surface area contributed by atoms with Gasteiger partial charge >= 0.3 is 0 Å². The fraction of sp³-hybridized carbons (Fsp3) is 0.583. The largest absolute Gasteiger partial charge is 0.330 e. The lowest BCUT2D eigenvalue weighted by atomic mass is 9.96. The number of aryl methyl sites for hydroxylation is 1. The van der Waals surface area contributed by atoms with Crippen molar-refractivity contribution in [1.29, 1.82) is 0 Å². The van der Waals surface area contributed by atoms with E-state index >= 15 is 0 Å². The molecule has 0 spiro atoms. The molecule has 2 heterocycles. The third-order valence-corrected chi connectivity index (χ3v) is 2.87. The third kappa shape index (κ3) is 2.44. The van der Waals surface area contributed by atoms with Crippen LogP contribution in [0.1, 0.15) is 37.7 Å². The van der Waals surface area contributed by atoms with Gasteiger partial charge in [-0.1, -0.05) is 13.8 Å². The molecule has 0 amide bonds. The molecule has 5 nitrogen and oxygen atoms in total. The third-order valence-electron chi connectivity index (χ3n) is 2.87. The smallest absolute Gasteiger partial charge is 0.163 e. The normalized spacial score (nSPS) is 13.5. The minimum Gasteiger partial charge on any atom is -0.330 e. The average Bonchev–Trinajstić information content (AvgIpc) is 2.68. The summed E-state index contributed by atoms with van der Waals surface area (Å²) < 4.78 is 1.94. The van der Waals surface area contributed by atoms with Crippen LogP contribution in [-0.4, -0.2) is 26.1 Å². The number of rotatable bonds is 4. The topological polar surface area (TPSA) is 69.1 Å². The highest BCUT2D eigenvalue weighted by Gasteiger charge is 2.18. The summed E-state index contributed by atoms with van der Waals surface area (Å²) in [6.45, 7) is 6.91. The molecule has 0 saturated carbocycles. The molecule has 0 fully saturated rings. The van der Waals surface area contributed by atoms with Crippen molar-refractivity contribution in [3.05, 3.63) is 23.9 Å². The molecule has 0 aliphatic carbocycles. The molecule has 5 heteroatoms. The van der Waals surface area contributed by atoms with Gasteiger partial charge in [-0.15, -0.1) is 10.2 Å². The lowest BCUT2D eigenvalue weighted by Gasteiger charge is -2.14. The Bertz CT molecular complexity index is 503. The molecule has 2 rings (SSSR count). The highest BCUT2D eigenvalue weighted by Crippen LogP contribution is 2.21. The van der Waals surface area contributed by atoms with Crippen LogP contribution < -0.4 is 5.73 Å². The van der Waals surface area contributed by atoms with E-state index in [0.717, 1.165) is 23.6 Å². The van der Waals surface area contributed by atoms with Crippen molar-refractivity contribution in [2.45, 2.75) is 33.1 Å². The molecular formula is C12H19N5. The van der Waals surface area contributed by atoms with Crippen LogP contribution in [-0.2, 0) is 0 Å². The Hall–Kier alpha value is -1.49. The fourth-order valence-electron chi connectivity index (χ4n) is 2.06. The van der Waals surface area contributed by atoms with Gasteiger partial charge in [-0.2, -0.15) is 0 Å². The highest BCUT2D eigenvalue weighted by molar-refractivity contribution is 5.38. The van der Waals surface area contributed by atoms with Crippen LogP contribution in [0.3, 0.4) is 0 Å². The second kappa shape index (κ2) is 4.79. The maximum absolute atomic E-state index is 5.83. The zero-order valence-corrected chi connectivity index (χ0v) is 10.6. The molecule has 2 aromatic heterocycles. The van der Waals surface area contributed by atoms with E-state index in [1.165, 1.54) is 0 Å². The molecule has 0 aromatic carbocycles. The van der Waals surface area contributed by atoms with Crippen molar-refractivity contribution in [2.75, 3.05) is 6.54 Å². The summed E-state index contributed by atoms with van der Waals surface area (Å²) in [5, 5.41) is 8.43. The molecule has 17 heavy (non-hydrogen) atoms. The van der Waals surface area contributed by atoms with Gasteiger partial charge in [-0.3, -0.25) is 4.40 Å². The highest BCUT2D eigenvalue weighted by atomic mass is 15.3.